The molecule has 1 fully saturated rings. The Labute approximate surface area is 171 Å². The van der Waals surface area contributed by atoms with Crippen molar-refractivity contribution in [2.45, 2.75) is 31.7 Å². The standard InChI is InChI=1S/C18H24ClN5.HI/c1-3-20-17(21-12-16-7-10-23-24(16)2)22-13-18(8-9-18)14-5-4-6-15(19)11-14;/h4-7,10-11H,3,8-9,12-13H2,1-2H3,(H2,20,21,22);1H. The number of nitrogens with one attached hydrogen (secondary N) is 2. The third-order valence-electron chi connectivity index (χ3n) is 4.55. The van der Waals surface area contributed by atoms with E-state index in [0.717, 1.165) is 29.8 Å². The largest absolute Gasteiger partial charge is 0.357 e. The zero-order chi connectivity index (χ0) is 17.0. The second-order valence-electron chi connectivity index (χ2n) is 6.29. The first-order valence-corrected chi connectivity index (χ1v) is 8.76. The molecule has 136 valence electrons. The highest BCUT2D eigenvalue weighted by Crippen LogP contribution is 2.48. The predicted molar refractivity (Wildman–Crippen MR) is 114 cm³/mol. The molecule has 1 saturated carbocycles. The van der Waals surface area contributed by atoms with Gasteiger partial charge in [-0.3, -0.25) is 4.68 Å². The van der Waals surface area contributed by atoms with E-state index in [9.17, 15) is 0 Å². The van der Waals surface area contributed by atoms with Crippen LogP contribution in [0.5, 0.6) is 0 Å². The first-order chi connectivity index (χ1) is 11.6. The minimum absolute atomic E-state index is 0. The van der Waals surface area contributed by atoms with E-state index in [1.165, 1.54) is 18.4 Å². The van der Waals surface area contributed by atoms with Gasteiger partial charge in [-0.05, 0) is 43.5 Å². The number of guanidine groups is 1. The van der Waals surface area contributed by atoms with Crippen LogP contribution in [0.3, 0.4) is 0 Å². The molecule has 0 radical (unpaired) electrons. The van der Waals surface area contributed by atoms with Crippen LogP contribution in [0.4, 0.5) is 0 Å². The Morgan fingerprint density at radius 3 is 2.72 bits per heavy atom. The van der Waals surface area contributed by atoms with Crippen LogP contribution >= 0.6 is 35.6 Å². The number of hydrogen-bond donors (Lipinski definition) is 2. The molecule has 7 heteroatoms. The molecule has 5 nitrogen and oxygen atoms in total. The minimum atomic E-state index is 0. The molecule has 0 unspecified atom stereocenters. The van der Waals surface area contributed by atoms with E-state index in [0.29, 0.717) is 6.54 Å². The fourth-order valence-corrected chi connectivity index (χ4v) is 3.04. The van der Waals surface area contributed by atoms with Crippen LogP contribution in [0.25, 0.3) is 0 Å². The normalized spacial score (nSPS) is 15.4. The minimum Gasteiger partial charge on any atom is -0.357 e. The number of nitrogens with zero attached hydrogens (tertiary/aromatic N) is 3. The maximum absolute atomic E-state index is 6.15. The fraction of sp³-hybridized carbons (Fsp3) is 0.444. The van der Waals surface area contributed by atoms with Gasteiger partial charge in [-0.2, -0.15) is 5.10 Å². The molecule has 0 amide bonds. The van der Waals surface area contributed by atoms with Gasteiger partial charge in [0.15, 0.2) is 5.96 Å². The molecule has 0 atom stereocenters. The summed E-state index contributed by atoms with van der Waals surface area (Å²) >= 11 is 6.15. The van der Waals surface area contributed by atoms with Gasteiger partial charge in [0.2, 0.25) is 0 Å². The van der Waals surface area contributed by atoms with E-state index in [1.54, 1.807) is 6.20 Å². The van der Waals surface area contributed by atoms with Crippen molar-refractivity contribution in [3.63, 3.8) is 0 Å². The molecule has 0 aliphatic heterocycles. The molecule has 1 aromatic carbocycles. The van der Waals surface area contributed by atoms with Crippen molar-refractivity contribution in [3.8, 4) is 0 Å². The summed E-state index contributed by atoms with van der Waals surface area (Å²) in [6.07, 6.45) is 4.16. The Balaban J connectivity index is 0.00000225. The van der Waals surface area contributed by atoms with Crippen LogP contribution < -0.4 is 10.6 Å². The highest BCUT2D eigenvalue weighted by molar-refractivity contribution is 14.0. The molecule has 1 heterocycles. The zero-order valence-electron chi connectivity index (χ0n) is 14.6. The number of halogens is 2. The van der Waals surface area contributed by atoms with Crippen LogP contribution in [0.2, 0.25) is 5.02 Å². The number of rotatable bonds is 6. The lowest BCUT2D eigenvalue weighted by atomic mass is 9.96. The van der Waals surface area contributed by atoms with E-state index in [2.05, 4.69) is 39.8 Å². The summed E-state index contributed by atoms with van der Waals surface area (Å²) in [6.45, 7) is 4.38. The monoisotopic (exact) mass is 473 g/mol. The van der Waals surface area contributed by atoms with E-state index in [1.807, 2.05) is 29.9 Å². The number of aryl methyl sites for hydroxylation is 1. The number of aliphatic imine (C=N–C) groups is 1. The molecule has 1 aliphatic rings. The van der Waals surface area contributed by atoms with Crippen molar-refractivity contribution in [1.29, 1.82) is 0 Å². The number of benzene rings is 1. The Morgan fingerprint density at radius 2 is 2.12 bits per heavy atom. The predicted octanol–water partition coefficient (Wildman–Crippen LogP) is 3.48. The van der Waals surface area contributed by atoms with Crippen LogP contribution in [0, 0.1) is 0 Å². The Kier molecular flexibility index (Phi) is 7.13. The van der Waals surface area contributed by atoms with Gasteiger partial charge in [-0.1, -0.05) is 23.7 Å². The molecule has 2 aromatic rings. The molecule has 1 aromatic heterocycles. The Morgan fingerprint density at radius 1 is 1.32 bits per heavy atom. The van der Waals surface area contributed by atoms with Crippen LogP contribution in [-0.4, -0.2) is 28.8 Å². The first kappa shape index (κ1) is 20.0. The van der Waals surface area contributed by atoms with Gasteiger partial charge in [0, 0.05) is 36.8 Å². The molecule has 0 saturated heterocycles. The van der Waals surface area contributed by atoms with Crippen molar-refractivity contribution in [3.05, 3.63) is 52.8 Å². The lowest BCUT2D eigenvalue weighted by molar-refractivity contribution is 0.644. The second-order valence-corrected chi connectivity index (χ2v) is 6.72. The van der Waals surface area contributed by atoms with Gasteiger partial charge in [-0.25, -0.2) is 4.99 Å². The van der Waals surface area contributed by atoms with E-state index >= 15 is 0 Å². The highest BCUT2D eigenvalue weighted by atomic mass is 127. The van der Waals surface area contributed by atoms with Gasteiger partial charge in [0.05, 0.1) is 12.2 Å². The lowest BCUT2D eigenvalue weighted by Crippen LogP contribution is -2.41. The second kappa shape index (κ2) is 8.89. The summed E-state index contributed by atoms with van der Waals surface area (Å²) < 4.78 is 1.85. The maximum atomic E-state index is 6.15. The topological polar surface area (TPSA) is 54.2 Å². The quantitative estimate of drug-likeness (QED) is 0.384. The number of aromatic nitrogens is 2. The summed E-state index contributed by atoms with van der Waals surface area (Å²) in [6, 6.07) is 10.2. The van der Waals surface area contributed by atoms with E-state index < -0.39 is 0 Å². The average Bonchev–Trinajstić information content (AvgIpc) is 3.26. The molecule has 0 spiro atoms. The molecule has 3 rings (SSSR count). The maximum Gasteiger partial charge on any atom is 0.191 e. The van der Waals surface area contributed by atoms with Gasteiger partial charge >= 0.3 is 0 Å². The van der Waals surface area contributed by atoms with E-state index in [-0.39, 0.29) is 29.4 Å². The van der Waals surface area contributed by atoms with Crippen molar-refractivity contribution in [1.82, 2.24) is 20.4 Å². The summed E-state index contributed by atoms with van der Waals surface area (Å²) in [5, 5.41) is 11.8. The van der Waals surface area contributed by atoms with Gasteiger partial charge in [-0.15, -0.1) is 24.0 Å². The molecule has 25 heavy (non-hydrogen) atoms. The van der Waals surface area contributed by atoms with Crippen molar-refractivity contribution in [2.24, 2.45) is 12.0 Å². The van der Waals surface area contributed by atoms with Crippen LogP contribution in [0.15, 0.2) is 41.5 Å². The molecule has 0 bridgehead atoms. The van der Waals surface area contributed by atoms with Crippen molar-refractivity contribution in [2.75, 3.05) is 13.1 Å². The summed E-state index contributed by atoms with van der Waals surface area (Å²) in [4.78, 5) is 4.67. The summed E-state index contributed by atoms with van der Waals surface area (Å²) in [5.74, 6) is 0.840. The molecular formula is C18H25ClIN5. The Hall–Kier alpha value is -1.28. The van der Waals surface area contributed by atoms with E-state index in [4.69, 9.17) is 11.6 Å². The summed E-state index contributed by atoms with van der Waals surface area (Å²) in [7, 11) is 1.93. The fourth-order valence-electron chi connectivity index (χ4n) is 2.85. The third kappa shape index (κ3) is 5.10. The molecule has 2 N–H and O–H groups in total. The van der Waals surface area contributed by atoms with Gasteiger partial charge < -0.3 is 10.6 Å². The highest BCUT2D eigenvalue weighted by Gasteiger charge is 2.44. The van der Waals surface area contributed by atoms with Crippen molar-refractivity contribution >= 4 is 41.5 Å². The Bertz CT molecular complexity index is 724. The van der Waals surface area contributed by atoms with Crippen molar-refractivity contribution < 1.29 is 0 Å². The smallest absolute Gasteiger partial charge is 0.191 e. The average molecular weight is 474 g/mol. The summed E-state index contributed by atoms with van der Waals surface area (Å²) in [5.41, 5.74) is 2.58. The molecule has 1 aliphatic carbocycles. The van der Waals surface area contributed by atoms with Crippen LogP contribution in [-0.2, 0) is 19.0 Å². The first-order valence-electron chi connectivity index (χ1n) is 8.38. The van der Waals surface area contributed by atoms with Gasteiger partial charge in [0.25, 0.3) is 0 Å². The third-order valence-corrected chi connectivity index (χ3v) is 4.79. The van der Waals surface area contributed by atoms with Gasteiger partial charge in [0.1, 0.15) is 0 Å². The SMILES string of the molecule is CCNC(=NCc1ccnn1C)NCC1(c2cccc(Cl)c2)CC1.I. The van der Waals surface area contributed by atoms with Crippen LogP contribution in [0.1, 0.15) is 31.0 Å². The lowest BCUT2D eigenvalue weighted by Gasteiger charge is -2.19. The zero-order valence-corrected chi connectivity index (χ0v) is 17.7. The molecular weight excluding hydrogens is 449 g/mol. The number of hydrogen-bond acceptors (Lipinski definition) is 2.